The Labute approximate surface area is 138 Å². The van der Waals surface area contributed by atoms with E-state index in [1.807, 2.05) is 24.3 Å². The molecule has 8 heteroatoms. The second-order valence-electron chi connectivity index (χ2n) is 4.44. The molecule has 0 bridgehead atoms. The summed E-state index contributed by atoms with van der Waals surface area (Å²) >= 11 is 3.34. The number of amides is 2. The summed E-state index contributed by atoms with van der Waals surface area (Å²) in [5.41, 5.74) is 0.761. The fraction of sp³-hybridized carbons (Fsp3) is 0.133. The van der Waals surface area contributed by atoms with Crippen LogP contribution in [0.1, 0.15) is 5.56 Å². The third kappa shape index (κ3) is 5.48. The van der Waals surface area contributed by atoms with Gasteiger partial charge in [-0.15, -0.1) is 13.2 Å². The summed E-state index contributed by atoms with van der Waals surface area (Å²) in [5.74, 6) is -0.476. The minimum Gasteiger partial charge on any atom is -0.404 e. The zero-order valence-corrected chi connectivity index (χ0v) is 13.2. The predicted molar refractivity (Wildman–Crippen MR) is 83.1 cm³/mol. The Morgan fingerprint density at radius 1 is 1.09 bits per heavy atom. The van der Waals surface area contributed by atoms with Crippen LogP contribution in [0.5, 0.6) is 5.75 Å². The highest BCUT2D eigenvalue weighted by Gasteiger charge is 2.32. The van der Waals surface area contributed by atoms with Crippen LogP contribution in [0.25, 0.3) is 0 Å². The molecule has 2 rings (SSSR count). The van der Waals surface area contributed by atoms with E-state index in [-0.39, 0.29) is 12.2 Å². The average molecular weight is 389 g/mol. The van der Waals surface area contributed by atoms with E-state index in [2.05, 4.69) is 31.3 Å². The molecule has 2 aromatic carbocycles. The summed E-state index contributed by atoms with van der Waals surface area (Å²) in [6, 6.07) is 11.9. The second kappa shape index (κ2) is 7.36. The standard InChI is InChI=1S/C15H12BrF3N2O2/c16-11-6-2-1-5-10(11)9-20-14(22)21-12-7-3-4-8-13(12)23-15(17,18)19/h1-8H,9H2,(H2,20,21,22). The smallest absolute Gasteiger partial charge is 0.404 e. The molecule has 0 radical (unpaired) electrons. The normalized spacial score (nSPS) is 11.0. The monoisotopic (exact) mass is 388 g/mol. The molecule has 0 spiro atoms. The van der Waals surface area contributed by atoms with Crippen molar-refractivity contribution in [3.8, 4) is 5.75 Å². The third-order valence-corrected chi connectivity index (χ3v) is 3.53. The number of hydrogen-bond acceptors (Lipinski definition) is 2. The van der Waals surface area contributed by atoms with Gasteiger partial charge in [0.15, 0.2) is 5.75 Å². The van der Waals surface area contributed by atoms with E-state index < -0.39 is 18.1 Å². The summed E-state index contributed by atoms with van der Waals surface area (Å²) in [4.78, 5) is 11.8. The molecule has 0 aromatic heterocycles. The Kier molecular flexibility index (Phi) is 5.49. The molecular weight excluding hydrogens is 377 g/mol. The Morgan fingerprint density at radius 3 is 2.43 bits per heavy atom. The van der Waals surface area contributed by atoms with Crippen LogP contribution in [0.4, 0.5) is 23.7 Å². The number of benzene rings is 2. The Balaban J connectivity index is 1.99. The number of ether oxygens (including phenoxy) is 1. The quantitative estimate of drug-likeness (QED) is 0.799. The van der Waals surface area contributed by atoms with Gasteiger partial charge in [0, 0.05) is 11.0 Å². The van der Waals surface area contributed by atoms with Gasteiger partial charge in [0.05, 0.1) is 5.69 Å². The Hall–Kier alpha value is -2.22. The van der Waals surface area contributed by atoms with Crippen LogP contribution in [-0.2, 0) is 6.54 Å². The molecule has 2 N–H and O–H groups in total. The van der Waals surface area contributed by atoms with Gasteiger partial charge < -0.3 is 15.4 Å². The Bertz CT molecular complexity index is 692. The van der Waals surface area contributed by atoms with Crippen molar-refractivity contribution in [2.75, 3.05) is 5.32 Å². The lowest BCUT2D eigenvalue weighted by molar-refractivity contribution is -0.274. The molecule has 0 saturated heterocycles. The molecule has 23 heavy (non-hydrogen) atoms. The van der Waals surface area contributed by atoms with Crippen molar-refractivity contribution in [3.63, 3.8) is 0 Å². The largest absolute Gasteiger partial charge is 0.573 e. The zero-order valence-electron chi connectivity index (χ0n) is 11.7. The topological polar surface area (TPSA) is 50.4 Å². The maximum atomic E-state index is 12.3. The summed E-state index contributed by atoms with van der Waals surface area (Å²) < 4.78 is 41.6. The molecule has 0 atom stereocenters. The lowest BCUT2D eigenvalue weighted by atomic mass is 10.2. The minimum absolute atomic E-state index is 0.0746. The number of anilines is 1. The highest BCUT2D eigenvalue weighted by molar-refractivity contribution is 9.10. The van der Waals surface area contributed by atoms with Crippen molar-refractivity contribution in [3.05, 3.63) is 58.6 Å². The van der Waals surface area contributed by atoms with Gasteiger partial charge in [0.25, 0.3) is 0 Å². The number of halogens is 4. The van der Waals surface area contributed by atoms with Crippen molar-refractivity contribution in [2.24, 2.45) is 0 Å². The van der Waals surface area contributed by atoms with Gasteiger partial charge in [0.2, 0.25) is 0 Å². The lowest BCUT2D eigenvalue weighted by Crippen LogP contribution is -2.29. The summed E-state index contributed by atoms with van der Waals surface area (Å²) in [6.45, 7) is 0.218. The van der Waals surface area contributed by atoms with E-state index in [0.29, 0.717) is 0 Å². The minimum atomic E-state index is -4.83. The molecule has 4 nitrogen and oxygen atoms in total. The Morgan fingerprint density at radius 2 is 1.74 bits per heavy atom. The van der Waals surface area contributed by atoms with Gasteiger partial charge in [-0.2, -0.15) is 0 Å². The predicted octanol–water partition coefficient (Wildman–Crippen LogP) is 4.67. The first kappa shape index (κ1) is 17.1. The van der Waals surface area contributed by atoms with Crippen LogP contribution >= 0.6 is 15.9 Å². The van der Waals surface area contributed by atoms with E-state index in [0.717, 1.165) is 16.1 Å². The SMILES string of the molecule is O=C(NCc1ccccc1Br)Nc1ccccc1OC(F)(F)F. The number of nitrogens with one attached hydrogen (secondary N) is 2. The van der Waals surface area contributed by atoms with Crippen molar-refractivity contribution in [1.29, 1.82) is 0 Å². The first-order chi connectivity index (χ1) is 10.8. The maximum absolute atomic E-state index is 12.3. The van der Waals surface area contributed by atoms with Crippen LogP contribution < -0.4 is 15.4 Å². The van der Waals surface area contributed by atoms with Gasteiger partial charge in [0.1, 0.15) is 0 Å². The van der Waals surface area contributed by atoms with Crippen LogP contribution in [0.15, 0.2) is 53.0 Å². The van der Waals surface area contributed by atoms with Gasteiger partial charge in [-0.3, -0.25) is 0 Å². The van der Waals surface area contributed by atoms with Crippen molar-refractivity contribution in [2.45, 2.75) is 12.9 Å². The van der Waals surface area contributed by atoms with Crippen molar-refractivity contribution >= 4 is 27.6 Å². The summed E-state index contributed by atoms with van der Waals surface area (Å²) in [6.07, 6.45) is -4.83. The summed E-state index contributed by atoms with van der Waals surface area (Å²) in [5, 5.41) is 4.89. The lowest BCUT2D eigenvalue weighted by Gasteiger charge is -2.14. The fourth-order valence-electron chi connectivity index (χ4n) is 1.77. The maximum Gasteiger partial charge on any atom is 0.573 e. The summed E-state index contributed by atoms with van der Waals surface area (Å²) in [7, 11) is 0. The molecular formula is C15H12BrF3N2O2. The van der Waals surface area contributed by atoms with Gasteiger partial charge in [-0.05, 0) is 23.8 Å². The first-order valence-electron chi connectivity index (χ1n) is 6.48. The molecule has 0 aliphatic carbocycles. The number of carbonyl (C=O) groups excluding carboxylic acids is 1. The van der Waals surface area contributed by atoms with E-state index in [4.69, 9.17) is 0 Å². The number of para-hydroxylation sites is 2. The van der Waals surface area contributed by atoms with Crippen molar-refractivity contribution < 1.29 is 22.7 Å². The van der Waals surface area contributed by atoms with Gasteiger partial charge >= 0.3 is 12.4 Å². The zero-order chi connectivity index (χ0) is 16.9. The third-order valence-electron chi connectivity index (χ3n) is 2.76. The van der Waals surface area contributed by atoms with Crippen molar-refractivity contribution in [1.82, 2.24) is 5.32 Å². The number of carbonyl (C=O) groups is 1. The number of alkyl halides is 3. The molecule has 122 valence electrons. The molecule has 0 fully saturated rings. The molecule has 0 heterocycles. The average Bonchev–Trinajstić information content (AvgIpc) is 2.47. The van der Waals surface area contributed by atoms with Crippen LogP contribution in [-0.4, -0.2) is 12.4 Å². The molecule has 2 aromatic rings. The number of rotatable bonds is 4. The fourth-order valence-corrected chi connectivity index (χ4v) is 2.19. The van der Waals surface area contributed by atoms with E-state index >= 15 is 0 Å². The molecule has 2 amide bonds. The van der Waals surface area contributed by atoms with E-state index in [1.54, 1.807) is 0 Å². The molecule has 0 aliphatic heterocycles. The van der Waals surface area contributed by atoms with Crippen LogP contribution in [0, 0.1) is 0 Å². The number of urea groups is 1. The van der Waals surface area contributed by atoms with Gasteiger partial charge in [-0.1, -0.05) is 46.3 Å². The highest BCUT2D eigenvalue weighted by Crippen LogP contribution is 2.29. The van der Waals surface area contributed by atoms with E-state index in [1.165, 1.54) is 18.2 Å². The van der Waals surface area contributed by atoms with Crippen LogP contribution in [0.2, 0.25) is 0 Å². The van der Waals surface area contributed by atoms with Gasteiger partial charge in [-0.25, -0.2) is 4.79 Å². The highest BCUT2D eigenvalue weighted by atomic mass is 79.9. The second-order valence-corrected chi connectivity index (χ2v) is 5.30. The van der Waals surface area contributed by atoms with E-state index in [9.17, 15) is 18.0 Å². The number of hydrogen-bond donors (Lipinski definition) is 2. The molecule has 0 unspecified atom stereocenters. The van der Waals surface area contributed by atoms with Crippen LogP contribution in [0.3, 0.4) is 0 Å². The molecule has 0 aliphatic rings. The molecule has 0 saturated carbocycles. The first-order valence-corrected chi connectivity index (χ1v) is 7.27.